The molecule has 0 radical (unpaired) electrons. The minimum atomic E-state index is -0.590. The zero-order valence-corrected chi connectivity index (χ0v) is 22.2. The lowest BCUT2D eigenvalue weighted by Gasteiger charge is -2.31. The molecular formula is C28H34FN5O3S. The molecule has 1 aliphatic carbocycles. The highest BCUT2D eigenvalue weighted by Gasteiger charge is 2.29. The van der Waals surface area contributed by atoms with Crippen molar-refractivity contribution in [1.29, 1.82) is 0 Å². The topological polar surface area (TPSA) is 112 Å². The Bertz CT molecular complexity index is 1410. The molecule has 8 nitrogen and oxygen atoms in total. The molecule has 2 fully saturated rings. The average molecular weight is 540 g/mol. The third kappa shape index (κ3) is 5.71. The monoisotopic (exact) mass is 539 g/mol. The number of carbonyl (C=O) groups is 1. The molecule has 38 heavy (non-hydrogen) atoms. The summed E-state index contributed by atoms with van der Waals surface area (Å²) in [5.41, 5.74) is 7.23. The van der Waals surface area contributed by atoms with Crippen molar-refractivity contribution in [3.8, 4) is 0 Å². The van der Waals surface area contributed by atoms with E-state index in [1.54, 1.807) is 4.57 Å². The van der Waals surface area contributed by atoms with Crippen LogP contribution in [-0.2, 0) is 17.8 Å². The first-order chi connectivity index (χ1) is 18.4. The average Bonchev–Trinajstić information content (AvgIpc) is 2.94. The maximum Gasteiger partial charge on any atom is 0.333 e. The first-order valence-electron chi connectivity index (χ1n) is 13.4. The van der Waals surface area contributed by atoms with Crippen molar-refractivity contribution in [3.63, 3.8) is 0 Å². The molecule has 1 saturated carbocycles. The second-order valence-corrected chi connectivity index (χ2v) is 11.5. The molecule has 3 heterocycles. The van der Waals surface area contributed by atoms with Crippen molar-refractivity contribution < 1.29 is 9.18 Å². The number of benzene rings is 1. The lowest BCUT2D eigenvalue weighted by Crippen LogP contribution is -2.46. The van der Waals surface area contributed by atoms with Crippen molar-refractivity contribution >= 4 is 28.7 Å². The summed E-state index contributed by atoms with van der Waals surface area (Å²) >= 11 is 1.85. The van der Waals surface area contributed by atoms with Gasteiger partial charge < -0.3 is 11.1 Å². The van der Waals surface area contributed by atoms with Crippen molar-refractivity contribution in [2.75, 3.05) is 11.5 Å². The van der Waals surface area contributed by atoms with E-state index in [2.05, 4.69) is 10.3 Å². The van der Waals surface area contributed by atoms with Crippen LogP contribution < -0.4 is 22.3 Å². The van der Waals surface area contributed by atoms with Gasteiger partial charge in [-0.2, -0.15) is 11.8 Å². The fourth-order valence-corrected chi connectivity index (χ4v) is 6.76. The van der Waals surface area contributed by atoms with E-state index >= 15 is 0 Å². The molecule has 1 amide bonds. The number of nitrogens with one attached hydrogen (secondary N) is 1. The summed E-state index contributed by atoms with van der Waals surface area (Å²) in [6, 6.07) is 8.82. The van der Waals surface area contributed by atoms with Gasteiger partial charge in [-0.25, -0.2) is 14.2 Å². The molecule has 0 spiro atoms. The molecule has 3 N–H and O–H groups in total. The minimum Gasteiger partial charge on any atom is -0.353 e. The van der Waals surface area contributed by atoms with Crippen molar-refractivity contribution in [2.45, 2.75) is 76.0 Å². The van der Waals surface area contributed by atoms with Crippen LogP contribution in [0.5, 0.6) is 0 Å². The number of nitrogens with two attached hydrogens (primary N) is 1. The van der Waals surface area contributed by atoms with Gasteiger partial charge in [-0.15, -0.1) is 0 Å². The van der Waals surface area contributed by atoms with E-state index in [0.717, 1.165) is 41.7 Å². The van der Waals surface area contributed by atoms with E-state index in [4.69, 9.17) is 5.73 Å². The summed E-state index contributed by atoms with van der Waals surface area (Å²) in [7, 11) is 0. The van der Waals surface area contributed by atoms with Crippen LogP contribution in [0.25, 0.3) is 11.0 Å². The number of nitrogens with zero attached hydrogens (tertiary/aromatic N) is 3. The number of fused-ring (bicyclic) bond motifs is 1. The Morgan fingerprint density at radius 2 is 1.66 bits per heavy atom. The van der Waals surface area contributed by atoms with E-state index in [0.29, 0.717) is 45.1 Å². The van der Waals surface area contributed by atoms with Gasteiger partial charge in [0.15, 0.2) is 0 Å². The first kappa shape index (κ1) is 26.6. The molecule has 10 heteroatoms. The fourth-order valence-electron chi connectivity index (χ4n) is 5.68. The number of halogens is 1. The van der Waals surface area contributed by atoms with Crippen molar-refractivity contribution in [3.05, 3.63) is 74.3 Å². The molecule has 1 aromatic carbocycles. The van der Waals surface area contributed by atoms with Gasteiger partial charge in [-0.05, 0) is 73.6 Å². The van der Waals surface area contributed by atoms with Gasteiger partial charge >= 0.3 is 5.69 Å². The lowest BCUT2D eigenvalue weighted by molar-refractivity contribution is -0.122. The molecule has 2 aromatic heterocycles. The Balaban J connectivity index is 1.28. The van der Waals surface area contributed by atoms with Crippen LogP contribution >= 0.6 is 11.8 Å². The number of amides is 1. The SMILES string of the molecule is NCc1ccc(CCC(=O)NC2CCC(n3c(=O)c4cc(F)cnc4n(C4CCSCC4)c3=O)CC2)cc1. The molecule has 3 aromatic rings. The highest BCUT2D eigenvalue weighted by Crippen LogP contribution is 2.30. The summed E-state index contributed by atoms with van der Waals surface area (Å²) in [5, 5.41) is 3.27. The van der Waals surface area contributed by atoms with Gasteiger partial charge in [-0.3, -0.25) is 18.7 Å². The molecule has 1 aliphatic heterocycles. The van der Waals surface area contributed by atoms with E-state index in [1.807, 2.05) is 36.0 Å². The molecule has 0 unspecified atom stereocenters. The number of aryl methyl sites for hydroxylation is 1. The van der Waals surface area contributed by atoms with Gasteiger partial charge in [0, 0.05) is 31.1 Å². The van der Waals surface area contributed by atoms with Gasteiger partial charge in [0.25, 0.3) is 5.56 Å². The number of rotatable bonds is 7. The Hall–Kier alpha value is -2.98. The van der Waals surface area contributed by atoms with Crippen molar-refractivity contribution in [2.24, 2.45) is 5.73 Å². The second kappa shape index (κ2) is 11.8. The Morgan fingerprint density at radius 1 is 1.00 bits per heavy atom. The van der Waals surface area contributed by atoms with Crippen molar-refractivity contribution in [1.82, 2.24) is 19.4 Å². The Kier molecular flexibility index (Phi) is 8.28. The highest BCUT2D eigenvalue weighted by molar-refractivity contribution is 7.99. The van der Waals surface area contributed by atoms with E-state index in [-0.39, 0.29) is 40.8 Å². The summed E-state index contributed by atoms with van der Waals surface area (Å²) < 4.78 is 17.1. The van der Waals surface area contributed by atoms with Crippen LogP contribution in [0.15, 0.2) is 46.1 Å². The number of hydrogen-bond donors (Lipinski definition) is 2. The number of thioether (sulfide) groups is 1. The number of pyridine rings is 1. The third-order valence-electron chi connectivity index (χ3n) is 7.81. The first-order valence-corrected chi connectivity index (χ1v) is 14.6. The minimum absolute atomic E-state index is 0.00158. The normalized spacial score (nSPS) is 20.5. The predicted octanol–water partition coefficient (Wildman–Crippen LogP) is 3.46. The predicted molar refractivity (Wildman–Crippen MR) is 148 cm³/mol. The number of carbonyl (C=O) groups excluding carboxylic acids is 1. The third-order valence-corrected chi connectivity index (χ3v) is 8.85. The molecule has 1 saturated heterocycles. The maximum atomic E-state index is 14.1. The molecular weight excluding hydrogens is 505 g/mol. The standard InChI is InChI=1S/C28H34FN5O3S/c29-20-15-24-26(31-17-20)33(23-11-13-38-14-12-23)28(37)34(27(24)36)22-8-6-21(7-9-22)32-25(35)10-5-18-1-3-19(16-30)4-2-18/h1-4,15,17,21-23H,5-14,16,30H2,(H,32,35). The van der Waals surface area contributed by atoms with Gasteiger partial charge in [0.2, 0.25) is 5.91 Å². The van der Waals surface area contributed by atoms with Gasteiger partial charge in [0.1, 0.15) is 11.5 Å². The summed E-state index contributed by atoms with van der Waals surface area (Å²) in [6.45, 7) is 0.496. The highest BCUT2D eigenvalue weighted by atomic mass is 32.2. The molecule has 0 atom stereocenters. The summed E-state index contributed by atoms with van der Waals surface area (Å²) in [4.78, 5) is 43.9. The molecule has 0 bridgehead atoms. The van der Waals surface area contributed by atoms with E-state index < -0.39 is 11.4 Å². The Labute approximate surface area is 224 Å². The lowest BCUT2D eigenvalue weighted by atomic mass is 9.90. The van der Waals surface area contributed by atoms with Gasteiger partial charge in [-0.1, -0.05) is 24.3 Å². The number of aromatic nitrogens is 3. The zero-order chi connectivity index (χ0) is 26.6. The van der Waals surface area contributed by atoms with Gasteiger partial charge in [0.05, 0.1) is 11.6 Å². The van der Waals surface area contributed by atoms with Crippen LogP contribution in [0, 0.1) is 5.82 Å². The van der Waals surface area contributed by atoms with Crippen LogP contribution in [-0.4, -0.2) is 37.6 Å². The smallest absolute Gasteiger partial charge is 0.333 e. The number of hydrogen-bond acceptors (Lipinski definition) is 6. The maximum absolute atomic E-state index is 14.1. The molecule has 5 rings (SSSR count). The molecule has 202 valence electrons. The van der Waals surface area contributed by atoms with E-state index in [9.17, 15) is 18.8 Å². The largest absolute Gasteiger partial charge is 0.353 e. The van der Waals surface area contributed by atoms with Crippen LogP contribution in [0.1, 0.15) is 68.2 Å². The van der Waals surface area contributed by atoms with Crippen LogP contribution in [0.3, 0.4) is 0 Å². The molecule has 2 aliphatic rings. The quantitative estimate of drug-likeness (QED) is 0.476. The Morgan fingerprint density at radius 3 is 2.34 bits per heavy atom. The van der Waals surface area contributed by atoms with Crippen LogP contribution in [0.4, 0.5) is 4.39 Å². The summed E-state index contributed by atoms with van der Waals surface area (Å²) in [5.74, 6) is 1.27. The fraction of sp³-hybridized carbons (Fsp3) is 0.500. The van der Waals surface area contributed by atoms with Crippen LogP contribution in [0.2, 0.25) is 0 Å². The second-order valence-electron chi connectivity index (χ2n) is 10.3. The summed E-state index contributed by atoms with van der Waals surface area (Å²) in [6.07, 6.45) is 6.28. The zero-order valence-electron chi connectivity index (χ0n) is 21.4. The van der Waals surface area contributed by atoms with E-state index in [1.165, 1.54) is 10.6 Å².